The summed E-state index contributed by atoms with van der Waals surface area (Å²) in [6, 6.07) is 3.16. The number of pyridine rings is 1. The number of fused-ring (bicyclic) bond motifs is 1. The molecular weight excluding hydrogens is 652 g/mol. The molecule has 9 N–H and O–H groups in total. The first-order valence-electron chi connectivity index (χ1n) is 12.6. The normalized spacial score (nSPS) is 31.6. The van der Waals surface area contributed by atoms with E-state index < -0.39 is 77.9 Å². The summed E-state index contributed by atoms with van der Waals surface area (Å²) in [7, 11) is -11.0. The van der Waals surface area contributed by atoms with E-state index >= 15 is 0 Å². The molecule has 23 heteroatoms. The summed E-state index contributed by atoms with van der Waals surface area (Å²) in [4.78, 5) is 34.2. The molecule has 3 aromatic rings. The van der Waals surface area contributed by atoms with Crippen molar-refractivity contribution in [2.24, 2.45) is 5.73 Å². The average Bonchev–Trinajstić information content (AvgIpc) is 3.61. The van der Waals surface area contributed by atoms with Crippen LogP contribution in [0.25, 0.3) is 11.2 Å². The number of phosphoric acid groups is 2. The van der Waals surface area contributed by atoms with E-state index in [9.17, 15) is 39.3 Å². The number of aliphatic hydroxyl groups is 4. The number of anilines is 1. The van der Waals surface area contributed by atoms with E-state index in [0.29, 0.717) is 5.56 Å². The molecule has 2 aliphatic heterocycles. The molecule has 3 aromatic heterocycles. The van der Waals surface area contributed by atoms with E-state index in [1.807, 2.05) is 0 Å². The molecule has 0 bridgehead atoms. The van der Waals surface area contributed by atoms with Crippen LogP contribution in [0.1, 0.15) is 18.0 Å². The van der Waals surface area contributed by atoms with Gasteiger partial charge in [0.2, 0.25) is 0 Å². The second kappa shape index (κ2) is 12.7. The molecule has 240 valence electrons. The number of nitrogen functional groups attached to an aromatic ring is 1. The number of aliphatic hydroxyl groups excluding tert-OH is 4. The fraction of sp³-hybridized carbons (Fsp3) is 0.476. The fourth-order valence-electron chi connectivity index (χ4n) is 4.57. The number of hydrogen-bond acceptors (Lipinski definition) is 17. The molecule has 0 aliphatic carbocycles. The van der Waals surface area contributed by atoms with Crippen molar-refractivity contribution in [1.29, 1.82) is 0 Å². The molecule has 0 aromatic carbocycles. The maximum atomic E-state index is 12.4. The second-order valence-corrected chi connectivity index (χ2v) is 13.1. The van der Waals surface area contributed by atoms with Crippen LogP contribution >= 0.6 is 27.9 Å². The van der Waals surface area contributed by atoms with E-state index in [0.717, 1.165) is 6.33 Å². The summed E-state index contributed by atoms with van der Waals surface area (Å²) >= 11 is 4.92. The molecular formula is C21H27N7O13P2S. The third kappa shape index (κ3) is 6.81. The number of thiocarbonyl (C=S) groups is 1. The lowest BCUT2D eigenvalue weighted by molar-refractivity contribution is -0.765. The van der Waals surface area contributed by atoms with E-state index in [-0.39, 0.29) is 22.0 Å². The topological polar surface area (TPSA) is 304 Å². The van der Waals surface area contributed by atoms with Crippen molar-refractivity contribution in [3.63, 3.8) is 0 Å². The maximum absolute atomic E-state index is 12.4. The van der Waals surface area contributed by atoms with E-state index in [1.165, 1.54) is 27.9 Å². The van der Waals surface area contributed by atoms with Gasteiger partial charge in [-0.05, 0) is 6.07 Å². The number of nitrogens with zero attached hydrogens (tertiary/aromatic N) is 5. The lowest BCUT2D eigenvalue weighted by atomic mass is 10.1. The highest BCUT2D eigenvalue weighted by Crippen LogP contribution is 2.58. The van der Waals surface area contributed by atoms with Crippen molar-refractivity contribution < 1.29 is 66.7 Å². The predicted molar refractivity (Wildman–Crippen MR) is 145 cm³/mol. The molecule has 2 saturated heterocycles. The monoisotopic (exact) mass is 679 g/mol. The number of ether oxygens (including phenoxy) is 2. The Bertz CT molecular complexity index is 1630. The molecule has 5 rings (SSSR count). The minimum Gasteiger partial charge on any atom is -0.756 e. The summed E-state index contributed by atoms with van der Waals surface area (Å²) in [5, 5.41) is 41.7. The molecule has 0 spiro atoms. The van der Waals surface area contributed by atoms with Crippen molar-refractivity contribution in [2.75, 3.05) is 18.9 Å². The molecule has 2 unspecified atom stereocenters. The first-order valence-corrected chi connectivity index (χ1v) is 15.9. The van der Waals surface area contributed by atoms with Gasteiger partial charge in [-0.3, -0.25) is 13.7 Å². The highest BCUT2D eigenvalue weighted by molar-refractivity contribution is 7.80. The summed E-state index contributed by atoms with van der Waals surface area (Å²) in [5.74, 6) is 0.0515. The molecule has 2 aliphatic rings. The molecule has 44 heavy (non-hydrogen) atoms. The zero-order valence-electron chi connectivity index (χ0n) is 22.2. The Kier molecular flexibility index (Phi) is 9.44. The smallest absolute Gasteiger partial charge is 0.478 e. The number of nitrogens with two attached hydrogens (primary N) is 2. The highest BCUT2D eigenvalue weighted by Gasteiger charge is 2.49. The van der Waals surface area contributed by atoms with E-state index in [2.05, 4.69) is 28.3 Å². The third-order valence-corrected chi connectivity index (χ3v) is 9.54. The van der Waals surface area contributed by atoms with Gasteiger partial charge in [-0.2, -0.15) is 4.57 Å². The molecule has 20 nitrogen and oxygen atoms in total. The summed E-state index contributed by atoms with van der Waals surface area (Å²) in [5.41, 5.74) is 12.1. The van der Waals surface area contributed by atoms with Gasteiger partial charge in [0.1, 0.15) is 47.4 Å². The lowest BCUT2D eigenvalue weighted by Gasteiger charge is -2.26. The lowest BCUT2D eigenvalue weighted by Crippen LogP contribution is -2.46. The van der Waals surface area contributed by atoms with Crippen LogP contribution in [0.15, 0.2) is 37.2 Å². The number of rotatable bonds is 11. The Hall–Kier alpha value is -2.59. The highest BCUT2D eigenvalue weighted by atomic mass is 32.1. The standard InChI is InChI=1S/C21H27N7O13P2S/c22-17-12-19(25-7-24-17)28(8-26-12)21-16(32)14(30)11(40-21)6-38-43(35,36)41-42(33,34)37-5-10-13(29)15(31)20(39-10)27-3-1-2-9(4-27)18(23)44/h1-4,7-8,10-11,13-16,20-21,29-32H,5-6H2,(H5-,22,23,24,25,33,34,35,36,44)/t10-,11-,13-,14-,15+,16+,20+,21+/m0/s1. The number of phosphoric ester groups is 2. The second-order valence-electron chi connectivity index (χ2n) is 9.67. The van der Waals surface area contributed by atoms with Gasteiger partial charge in [0.25, 0.3) is 14.1 Å². The Morgan fingerprint density at radius 1 is 1.07 bits per heavy atom. The van der Waals surface area contributed by atoms with E-state index in [4.69, 9.17) is 33.2 Å². The average molecular weight is 679 g/mol. The maximum Gasteiger partial charge on any atom is 0.478 e. The molecule has 0 radical (unpaired) electrons. The van der Waals surface area contributed by atoms with Crippen molar-refractivity contribution in [3.05, 3.63) is 42.7 Å². The van der Waals surface area contributed by atoms with Crippen LogP contribution in [0.5, 0.6) is 0 Å². The zero-order valence-corrected chi connectivity index (χ0v) is 24.8. The third-order valence-electron chi connectivity index (χ3n) is 6.74. The zero-order chi connectivity index (χ0) is 32.0. The molecule has 0 saturated carbocycles. The van der Waals surface area contributed by atoms with Crippen molar-refractivity contribution in [1.82, 2.24) is 19.5 Å². The Balaban J connectivity index is 1.16. The number of aromatic nitrogens is 5. The van der Waals surface area contributed by atoms with Crippen LogP contribution in [-0.2, 0) is 32.0 Å². The van der Waals surface area contributed by atoms with Gasteiger partial charge in [-0.1, -0.05) is 12.2 Å². The van der Waals surface area contributed by atoms with Gasteiger partial charge in [0.05, 0.1) is 25.1 Å². The largest absolute Gasteiger partial charge is 0.756 e. The van der Waals surface area contributed by atoms with Crippen LogP contribution in [0, 0.1) is 0 Å². The minimum absolute atomic E-state index is 0.0515. The number of imidazole rings is 1. The van der Waals surface area contributed by atoms with Gasteiger partial charge in [0, 0.05) is 6.07 Å². The Labute approximate surface area is 252 Å². The first kappa shape index (κ1) is 32.8. The van der Waals surface area contributed by atoms with Gasteiger partial charge < -0.3 is 55.7 Å². The molecule has 10 atom stereocenters. The summed E-state index contributed by atoms with van der Waals surface area (Å²) in [6.45, 7) is -1.83. The molecule has 0 amide bonds. The van der Waals surface area contributed by atoms with Gasteiger partial charge in [-0.15, -0.1) is 0 Å². The SMILES string of the molecule is NC(=S)c1ccc[n+]([C@@H]2O[C@@H](COP(=O)([O-])OP(=O)(O)OC[C@@H]3O[C@@H](n4cnc5c(N)ncnc54)[C@H](O)[C@H]3O)[C@H](O)[C@H]2O)c1. The first-order chi connectivity index (χ1) is 20.7. The minimum atomic E-state index is -5.59. The van der Waals surface area contributed by atoms with Gasteiger partial charge in [0.15, 0.2) is 36.2 Å². The Morgan fingerprint density at radius 3 is 2.48 bits per heavy atom. The van der Waals surface area contributed by atoms with Crippen molar-refractivity contribution in [3.8, 4) is 0 Å². The summed E-state index contributed by atoms with van der Waals surface area (Å²) in [6.07, 6.45) is -6.43. The van der Waals surface area contributed by atoms with Crippen molar-refractivity contribution in [2.45, 2.75) is 49.1 Å². The van der Waals surface area contributed by atoms with E-state index in [1.54, 1.807) is 12.1 Å². The number of hydrogen-bond donors (Lipinski definition) is 7. The predicted octanol–water partition coefficient (Wildman–Crippen LogP) is -3.11. The summed E-state index contributed by atoms with van der Waals surface area (Å²) < 4.78 is 51.9. The Morgan fingerprint density at radius 2 is 1.75 bits per heavy atom. The van der Waals surface area contributed by atoms with Crippen LogP contribution in [0.2, 0.25) is 0 Å². The quantitative estimate of drug-likeness (QED) is 0.0599. The van der Waals surface area contributed by atoms with Crippen molar-refractivity contribution >= 4 is 49.8 Å². The van der Waals surface area contributed by atoms with Crippen LogP contribution < -0.4 is 20.9 Å². The van der Waals surface area contributed by atoms with Crippen LogP contribution in [-0.4, -0.2) is 99.7 Å². The van der Waals surface area contributed by atoms with Gasteiger partial charge >= 0.3 is 7.82 Å². The van der Waals surface area contributed by atoms with Crippen LogP contribution in [0.3, 0.4) is 0 Å². The van der Waals surface area contributed by atoms with Gasteiger partial charge in [-0.25, -0.2) is 23.8 Å². The van der Waals surface area contributed by atoms with Crippen LogP contribution in [0.4, 0.5) is 5.82 Å². The fourth-order valence-corrected chi connectivity index (χ4v) is 6.74. The molecule has 5 heterocycles. The molecule has 2 fully saturated rings.